The van der Waals surface area contributed by atoms with Crippen LogP contribution in [0.1, 0.15) is 59.7 Å². The number of allylic oxidation sites excluding steroid dienone is 2. The Kier molecular flexibility index (Phi) is 16.8. The number of aryl methyl sites for hydroxylation is 4. The van der Waals surface area contributed by atoms with Crippen LogP contribution in [0.3, 0.4) is 0 Å². The van der Waals surface area contributed by atoms with Gasteiger partial charge in [0.05, 0.1) is 0 Å². The van der Waals surface area contributed by atoms with Crippen LogP contribution in [-0.2, 0) is 12.8 Å². The van der Waals surface area contributed by atoms with Gasteiger partial charge in [0.15, 0.2) is 0 Å². The molecule has 0 N–H and O–H groups in total. The van der Waals surface area contributed by atoms with Crippen molar-refractivity contribution in [1.29, 1.82) is 0 Å². The lowest BCUT2D eigenvalue weighted by atomic mass is 9.98. The normalized spacial score (nSPS) is 10.7. The SMILES string of the molecule is C/C=C\Cc1cccc2c1Cc1ccccc1-2.CC.Cc1ccc(-c2ccc(-c3ccccc3)cc2)cc1.Cc1ccc(-c2cccc3ccccc23)cc1.Cc1ccc(C)cc1. The molecule has 9 aromatic rings. The van der Waals surface area contributed by atoms with Gasteiger partial charge in [0, 0.05) is 0 Å². The van der Waals surface area contributed by atoms with Crippen molar-refractivity contribution in [2.24, 2.45) is 0 Å². The first-order valence-corrected chi connectivity index (χ1v) is 22.5. The van der Waals surface area contributed by atoms with E-state index in [2.05, 4.69) is 253 Å². The molecule has 0 fully saturated rings. The van der Waals surface area contributed by atoms with Gasteiger partial charge in [-0.05, 0) is 119 Å². The van der Waals surface area contributed by atoms with Gasteiger partial charge < -0.3 is 0 Å². The molecule has 9 aromatic carbocycles. The van der Waals surface area contributed by atoms with Gasteiger partial charge in [0.25, 0.3) is 0 Å². The quantitative estimate of drug-likeness (QED) is 0.152. The van der Waals surface area contributed by atoms with Crippen molar-refractivity contribution in [2.45, 2.75) is 61.3 Å². The number of hydrogen-bond acceptors (Lipinski definition) is 0. The minimum absolute atomic E-state index is 1.05. The van der Waals surface area contributed by atoms with Crippen LogP contribution < -0.4 is 0 Å². The molecule has 10 rings (SSSR count). The van der Waals surface area contributed by atoms with Gasteiger partial charge in [-0.15, -0.1) is 0 Å². The summed E-state index contributed by atoms with van der Waals surface area (Å²) in [5, 5.41) is 2.62. The molecule has 0 atom stereocenters. The summed E-state index contributed by atoms with van der Waals surface area (Å²) in [5.74, 6) is 0. The second-order valence-electron chi connectivity index (χ2n) is 15.9. The Morgan fingerprint density at radius 1 is 0.365 bits per heavy atom. The summed E-state index contributed by atoms with van der Waals surface area (Å²) in [7, 11) is 0. The van der Waals surface area contributed by atoms with Crippen molar-refractivity contribution < 1.29 is 0 Å². The lowest BCUT2D eigenvalue weighted by molar-refractivity contribution is 1.15. The number of fused-ring (bicyclic) bond motifs is 4. The highest BCUT2D eigenvalue weighted by atomic mass is 14.2. The van der Waals surface area contributed by atoms with Gasteiger partial charge in [0.2, 0.25) is 0 Å². The minimum atomic E-state index is 1.05. The molecule has 0 saturated heterocycles. The number of hydrogen-bond donors (Lipinski definition) is 0. The van der Waals surface area contributed by atoms with E-state index in [9.17, 15) is 0 Å². The average molecular weight is 819 g/mol. The van der Waals surface area contributed by atoms with Crippen LogP contribution in [0, 0.1) is 27.7 Å². The third kappa shape index (κ3) is 12.5. The minimum Gasteiger partial charge on any atom is -0.0913 e. The predicted molar refractivity (Wildman–Crippen MR) is 277 cm³/mol. The highest BCUT2D eigenvalue weighted by Gasteiger charge is 2.19. The summed E-state index contributed by atoms with van der Waals surface area (Å²) >= 11 is 0. The Morgan fingerprint density at radius 2 is 0.778 bits per heavy atom. The topological polar surface area (TPSA) is 0 Å². The van der Waals surface area contributed by atoms with E-state index in [1.807, 2.05) is 19.9 Å². The van der Waals surface area contributed by atoms with E-state index in [4.69, 9.17) is 0 Å². The third-order valence-electron chi connectivity index (χ3n) is 11.3. The van der Waals surface area contributed by atoms with Gasteiger partial charge in [-0.1, -0.05) is 261 Å². The molecule has 314 valence electrons. The van der Waals surface area contributed by atoms with E-state index in [0.717, 1.165) is 12.8 Å². The van der Waals surface area contributed by atoms with Gasteiger partial charge in [-0.25, -0.2) is 0 Å². The smallest absolute Gasteiger partial charge is 0.00106 e. The summed E-state index contributed by atoms with van der Waals surface area (Å²) in [5.41, 5.74) is 20.2. The molecule has 0 amide bonds. The Labute approximate surface area is 378 Å². The van der Waals surface area contributed by atoms with Crippen molar-refractivity contribution in [1.82, 2.24) is 0 Å². The van der Waals surface area contributed by atoms with Crippen LogP contribution in [0.5, 0.6) is 0 Å². The van der Waals surface area contributed by atoms with Crippen LogP contribution in [0.15, 0.2) is 224 Å². The molecule has 0 heterocycles. The van der Waals surface area contributed by atoms with Crippen LogP contribution in [0.4, 0.5) is 0 Å². The van der Waals surface area contributed by atoms with Crippen LogP contribution in [0.2, 0.25) is 0 Å². The predicted octanol–water partition coefficient (Wildman–Crippen LogP) is 17.9. The molecule has 0 bridgehead atoms. The zero-order valence-electron chi connectivity index (χ0n) is 38.3. The molecule has 0 aromatic heterocycles. The van der Waals surface area contributed by atoms with Crippen molar-refractivity contribution in [3.05, 3.63) is 263 Å². The molecule has 0 nitrogen and oxygen atoms in total. The molecule has 1 aliphatic carbocycles. The highest BCUT2D eigenvalue weighted by Crippen LogP contribution is 2.38. The Bertz CT molecular complexity index is 2760. The van der Waals surface area contributed by atoms with Gasteiger partial charge in [0.1, 0.15) is 0 Å². The monoisotopic (exact) mass is 818 g/mol. The number of rotatable bonds is 5. The average Bonchev–Trinajstić information content (AvgIpc) is 3.73. The molecule has 1 aliphatic rings. The molecule has 0 aliphatic heterocycles. The van der Waals surface area contributed by atoms with E-state index in [1.165, 1.54) is 94.2 Å². The second-order valence-corrected chi connectivity index (χ2v) is 15.9. The summed E-state index contributed by atoms with van der Waals surface area (Å²) < 4.78 is 0. The zero-order valence-corrected chi connectivity index (χ0v) is 38.3. The fraction of sp³-hybridized carbons (Fsp3) is 0.143. The van der Waals surface area contributed by atoms with Gasteiger partial charge in [-0.2, -0.15) is 0 Å². The van der Waals surface area contributed by atoms with Crippen LogP contribution >= 0.6 is 0 Å². The van der Waals surface area contributed by atoms with E-state index >= 15 is 0 Å². The first-order valence-electron chi connectivity index (χ1n) is 22.5. The lowest BCUT2D eigenvalue weighted by Crippen LogP contribution is -1.90. The second kappa shape index (κ2) is 23.3. The van der Waals surface area contributed by atoms with Crippen molar-refractivity contribution in [3.8, 4) is 44.5 Å². The maximum atomic E-state index is 2.25. The molecule has 63 heavy (non-hydrogen) atoms. The molecular formula is C63H62. The first-order chi connectivity index (χ1) is 30.9. The van der Waals surface area contributed by atoms with Gasteiger partial charge >= 0.3 is 0 Å². The van der Waals surface area contributed by atoms with E-state index in [-0.39, 0.29) is 0 Å². The molecule has 0 radical (unpaired) electrons. The third-order valence-corrected chi connectivity index (χ3v) is 11.3. The largest absolute Gasteiger partial charge is 0.0913 e. The fourth-order valence-corrected chi connectivity index (χ4v) is 7.74. The van der Waals surface area contributed by atoms with Crippen molar-refractivity contribution in [3.63, 3.8) is 0 Å². The summed E-state index contributed by atoms with van der Waals surface area (Å²) in [6, 6.07) is 75.5. The zero-order chi connectivity index (χ0) is 44.4. The molecule has 0 spiro atoms. The van der Waals surface area contributed by atoms with E-state index < -0.39 is 0 Å². The lowest BCUT2D eigenvalue weighted by Gasteiger charge is -2.07. The van der Waals surface area contributed by atoms with Crippen LogP contribution in [0.25, 0.3) is 55.3 Å². The molecule has 0 saturated carbocycles. The van der Waals surface area contributed by atoms with Gasteiger partial charge in [-0.3, -0.25) is 0 Å². The molecule has 0 heteroatoms. The Hall–Kier alpha value is -7.02. The standard InChI is InChI=1S/C19H16.C17H14.C17H16.C8H10.C2H6/c1-15-7-9-17(10-8-15)19-13-11-18(12-14-19)16-5-3-2-4-6-16;1-13-9-11-15(12-10-13)17-8-4-6-14-5-2-3-7-16(14)17;1-2-3-7-13-9-6-11-16-15-10-5-4-8-14(15)12-17(13)16;1-7-3-5-8(2)6-4-7;1-2/h2-14H,1H3;2-12H,1H3;2-6,8-11H,7,12H2,1H3;3-6H,1-2H3;1-2H3/b;;3-2-;;. The molecular weight excluding hydrogens is 757 g/mol. The number of benzene rings is 9. The van der Waals surface area contributed by atoms with E-state index in [0.29, 0.717) is 0 Å². The maximum Gasteiger partial charge on any atom is -0.00106 e. The summed E-state index contributed by atoms with van der Waals surface area (Å²) in [4.78, 5) is 0. The first kappa shape index (κ1) is 45.5. The van der Waals surface area contributed by atoms with Crippen molar-refractivity contribution >= 4 is 10.8 Å². The summed E-state index contributed by atoms with van der Waals surface area (Å²) in [6.07, 6.45) is 6.51. The molecule has 0 unspecified atom stereocenters. The fourth-order valence-electron chi connectivity index (χ4n) is 7.74. The Morgan fingerprint density at radius 3 is 1.37 bits per heavy atom. The summed E-state index contributed by atoms with van der Waals surface area (Å²) in [6.45, 7) is 14.5. The van der Waals surface area contributed by atoms with E-state index in [1.54, 1.807) is 0 Å². The van der Waals surface area contributed by atoms with Crippen molar-refractivity contribution in [2.75, 3.05) is 0 Å². The Balaban J connectivity index is 0.000000142. The maximum absolute atomic E-state index is 2.25. The van der Waals surface area contributed by atoms with Crippen LogP contribution in [-0.4, -0.2) is 0 Å². The highest BCUT2D eigenvalue weighted by molar-refractivity contribution is 5.96.